The second-order valence-electron chi connectivity index (χ2n) is 8.84. The van der Waals surface area contributed by atoms with Gasteiger partial charge in [-0.25, -0.2) is 9.50 Å². The number of hydrogen-bond acceptors (Lipinski definition) is 5. The van der Waals surface area contributed by atoms with Crippen molar-refractivity contribution in [3.63, 3.8) is 0 Å². The third-order valence-corrected chi connectivity index (χ3v) is 6.61. The average Bonchev–Trinajstić information content (AvgIpc) is 3.27. The van der Waals surface area contributed by atoms with Gasteiger partial charge in [0.25, 0.3) is 0 Å². The molecule has 3 aromatic heterocycles. The Morgan fingerprint density at radius 1 is 1.03 bits per heavy atom. The number of pyridine rings is 2. The molecule has 1 saturated carbocycles. The molecule has 5 rings (SSSR count). The predicted molar refractivity (Wildman–Crippen MR) is 109 cm³/mol. The Labute approximate surface area is 190 Å². The van der Waals surface area contributed by atoms with E-state index in [1.165, 1.54) is 16.8 Å². The van der Waals surface area contributed by atoms with E-state index in [9.17, 15) is 26.3 Å². The van der Waals surface area contributed by atoms with Gasteiger partial charge in [-0.15, -0.1) is 0 Å². The number of ether oxygens (including phenoxy) is 1. The topological polar surface area (TPSA) is 55.6 Å². The van der Waals surface area contributed by atoms with Crippen LogP contribution in [-0.4, -0.2) is 45.5 Å². The molecule has 34 heavy (non-hydrogen) atoms. The van der Waals surface area contributed by atoms with Gasteiger partial charge in [0.1, 0.15) is 5.69 Å². The van der Waals surface area contributed by atoms with E-state index < -0.39 is 24.7 Å². The molecule has 1 aliphatic heterocycles. The molecule has 1 aliphatic carbocycles. The maximum absolute atomic E-state index is 13.1. The first-order chi connectivity index (χ1) is 16.1. The summed E-state index contributed by atoms with van der Waals surface area (Å²) in [6.45, 7) is -0.173. The average molecular weight is 485 g/mol. The van der Waals surface area contributed by atoms with Crippen molar-refractivity contribution in [2.45, 2.75) is 31.6 Å². The number of rotatable bonds is 5. The molecule has 0 amide bonds. The van der Waals surface area contributed by atoms with Gasteiger partial charge >= 0.3 is 12.4 Å². The standard InChI is InChI=1S/C22H21F6N5O/c23-21(24,25)12-34-17-2-1-7-33-20(17)30-19(31-33)9-16-13-3-4-14(16)11-32(10-13)15-5-6-29-18(8-15)22(26,27)28/h1-2,5-8,13-14,16H,3-4,9-12H2/t13-,14+,16?. The molecule has 0 radical (unpaired) electrons. The van der Waals surface area contributed by atoms with Crippen molar-refractivity contribution in [2.75, 3.05) is 24.6 Å². The minimum atomic E-state index is -4.50. The first-order valence-electron chi connectivity index (χ1n) is 10.9. The van der Waals surface area contributed by atoms with E-state index in [0.29, 0.717) is 31.0 Å². The second-order valence-corrected chi connectivity index (χ2v) is 8.84. The van der Waals surface area contributed by atoms with E-state index in [0.717, 1.165) is 18.9 Å². The molecule has 1 saturated heterocycles. The van der Waals surface area contributed by atoms with Crippen LogP contribution in [0.3, 0.4) is 0 Å². The van der Waals surface area contributed by atoms with Gasteiger partial charge in [0.05, 0.1) is 0 Å². The van der Waals surface area contributed by atoms with Crippen LogP contribution in [0.15, 0.2) is 36.7 Å². The van der Waals surface area contributed by atoms with Crippen LogP contribution in [-0.2, 0) is 12.6 Å². The number of halogens is 6. The summed E-state index contributed by atoms with van der Waals surface area (Å²) < 4.78 is 83.2. The van der Waals surface area contributed by atoms with Crippen molar-refractivity contribution in [3.05, 3.63) is 48.2 Å². The fourth-order valence-corrected chi connectivity index (χ4v) is 5.15. The summed E-state index contributed by atoms with van der Waals surface area (Å²) in [7, 11) is 0. The molecule has 1 unspecified atom stereocenters. The zero-order valence-corrected chi connectivity index (χ0v) is 17.9. The lowest BCUT2D eigenvalue weighted by Gasteiger charge is -2.39. The molecule has 3 aromatic rings. The smallest absolute Gasteiger partial charge is 0.433 e. The van der Waals surface area contributed by atoms with E-state index in [-0.39, 0.29) is 29.2 Å². The molecule has 2 fully saturated rings. The Hall–Kier alpha value is -3.05. The minimum absolute atomic E-state index is 0.00882. The normalized spacial score (nSPS) is 23.0. The van der Waals surface area contributed by atoms with Gasteiger partial charge in [-0.2, -0.15) is 31.4 Å². The molecule has 2 bridgehead atoms. The Balaban J connectivity index is 1.31. The molecule has 0 N–H and O–H groups in total. The summed E-state index contributed by atoms with van der Waals surface area (Å²) in [5.41, 5.74) is -0.171. The van der Waals surface area contributed by atoms with E-state index in [1.807, 2.05) is 4.90 Å². The Morgan fingerprint density at radius 2 is 1.76 bits per heavy atom. The summed E-state index contributed by atoms with van der Waals surface area (Å²) in [5.74, 6) is 1.29. The lowest BCUT2D eigenvalue weighted by atomic mass is 9.82. The molecule has 182 valence electrons. The van der Waals surface area contributed by atoms with Crippen molar-refractivity contribution in [1.29, 1.82) is 0 Å². The van der Waals surface area contributed by atoms with Gasteiger partial charge in [-0.1, -0.05) is 0 Å². The van der Waals surface area contributed by atoms with Gasteiger partial charge < -0.3 is 9.64 Å². The molecule has 0 spiro atoms. The molecule has 6 nitrogen and oxygen atoms in total. The molecule has 4 heterocycles. The van der Waals surface area contributed by atoms with Crippen LogP contribution in [0.4, 0.5) is 32.0 Å². The Bertz CT molecular complexity index is 1160. The van der Waals surface area contributed by atoms with Crippen molar-refractivity contribution in [3.8, 4) is 5.75 Å². The number of anilines is 1. The highest BCUT2D eigenvalue weighted by molar-refractivity contribution is 5.53. The Kier molecular flexibility index (Phi) is 5.56. The largest absolute Gasteiger partial charge is 0.480 e. The number of nitrogens with zero attached hydrogens (tertiary/aromatic N) is 5. The number of aromatic nitrogens is 4. The van der Waals surface area contributed by atoms with Crippen LogP contribution < -0.4 is 9.64 Å². The molecule has 12 heteroatoms. The first kappa shape index (κ1) is 22.7. The third-order valence-electron chi connectivity index (χ3n) is 6.61. The van der Waals surface area contributed by atoms with E-state index >= 15 is 0 Å². The monoisotopic (exact) mass is 485 g/mol. The lowest BCUT2D eigenvalue weighted by Crippen LogP contribution is -2.43. The maximum atomic E-state index is 13.1. The van der Waals surface area contributed by atoms with Crippen molar-refractivity contribution in [1.82, 2.24) is 19.6 Å². The highest BCUT2D eigenvalue weighted by Crippen LogP contribution is 2.45. The SMILES string of the molecule is FC(F)(F)COc1cccn2nc(CC3[C@@H]4CC[C@H]3CN(c3ccnc(C(F)(F)F)c3)C4)nc12. The highest BCUT2D eigenvalue weighted by Gasteiger charge is 2.43. The molecule has 2 aliphatic rings. The summed E-state index contributed by atoms with van der Waals surface area (Å²) in [6, 6.07) is 5.65. The number of alkyl halides is 6. The lowest BCUT2D eigenvalue weighted by molar-refractivity contribution is -0.153. The van der Waals surface area contributed by atoms with Crippen LogP contribution in [0.2, 0.25) is 0 Å². The van der Waals surface area contributed by atoms with E-state index in [2.05, 4.69) is 15.1 Å². The molecular formula is C22H21F6N5O. The second kappa shape index (κ2) is 8.31. The summed E-state index contributed by atoms with van der Waals surface area (Å²) >= 11 is 0. The highest BCUT2D eigenvalue weighted by atomic mass is 19.4. The van der Waals surface area contributed by atoms with Gasteiger partial charge in [0.15, 0.2) is 23.8 Å². The van der Waals surface area contributed by atoms with Crippen LogP contribution in [0, 0.1) is 17.8 Å². The van der Waals surface area contributed by atoms with Crippen molar-refractivity contribution < 1.29 is 31.1 Å². The molecule has 0 aromatic carbocycles. The van der Waals surface area contributed by atoms with Crippen LogP contribution in [0.1, 0.15) is 24.4 Å². The minimum Gasteiger partial charge on any atom is -0.480 e. The first-order valence-corrected chi connectivity index (χ1v) is 10.9. The number of piperidine rings is 1. The number of fused-ring (bicyclic) bond motifs is 3. The van der Waals surface area contributed by atoms with Gasteiger partial charge in [-0.05, 0) is 54.9 Å². The predicted octanol–water partition coefficient (Wildman–Crippen LogP) is 4.79. The van der Waals surface area contributed by atoms with Crippen molar-refractivity contribution in [2.24, 2.45) is 17.8 Å². The van der Waals surface area contributed by atoms with Crippen LogP contribution in [0.5, 0.6) is 5.75 Å². The summed E-state index contributed by atoms with van der Waals surface area (Å²) in [5, 5.41) is 4.42. The van der Waals surface area contributed by atoms with Crippen molar-refractivity contribution >= 4 is 11.3 Å². The fraction of sp³-hybridized carbons (Fsp3) is 0.500. The summed E-state index contributed by atoms with van der Waals surface area (Å²) in [6.07, 6.45) is -3.71. The van der Waals surface area contributed by atoms with E-state index in [4.69, 9.17) is 4.74 Å². The van der Waals surface area contributed by atoms with Gasteiger partial charge in [0.2, 0.25) is 0 Å². The zero-order chi connectivity index (χ0) is 24.1. The van der Waals surface area contributed by atoms with Gasteiger partial charge in [-0.3, -0.25) is 4.98 Å². The Morgan fingerprint density at radius 3 is 2.44 bits per heavy atom. The third kappa shape index (κ3) is 4.62. The van der Waals surface area contributed by atoms with Gasteiger partial charge in [0, 0.05) is 37.6 Å². The van der Waals surface area contributed by atoms with E-state index in [1.54, 1.807) is 18.3 Å². The molecule has 3 atom stereocenters. The fourth-order valence-electron chi connectivity index (χ4n) is 5.15. The maximum Gasteiger partial charge on any atom is 0.433 e. The quantitative estimate of drug-likeness (QED) is 0.487. The van der Waals surface area contributed by atoms with Crippen LogP contribution >= 0.6 is 0 Å². The summed E-state index contributed by atoms with van der Waals surface area (Å²) in [4.78, 5) is 9.86. The number of hydrogen-bond donors (Lipinski definition) is 0. The zero-order valence-electron chi connectivity index (χ0n) is 17.9. The molecular weight excluding hydrogens is 464 g/mol. The van der Waals surface area contributed by atoms with Crippen LogP contribution in [0.25, 0.3) is 5.65 Å².